The minimum Gasteiger partial charge on any atom is -0.493 e. The van der Waals surface area contributed by atoms with E-state index in [1.807, 2.05) is 47.3 Å². The van der Waals surface area contributed by atoms with E-state index in [0.717, 1.165) is 11.4 Å². The van der Waals surface area contributed by atoms with Crippen LogP contribution in [0.4, 0.5) is 0 Å². The third-order valence-electron chi connectivity index (χ3n) is 5.50. The third kappa shape index (κ3) is 5.25. The van der Waals surface area contributed by atoms with Gasteiger partial charge < -0.3 is 14.8 Å². The Balaban J connectivity index is 1.26. The lowest BCUT2D eigenvalue weighted by Gasteiger charge is -2.10. The molecule has 1 amide bonds. The van der Waals surface area contributed by atoms with Crippen LogP contribution in [-0.2, 0) is 17.8 Å². The van der Waals surface area contributed by atoms with Gasteiger partial charge in [-0.2, -0.15) is 5.10 Å². The van der Waals surface area contributed by atoms with E-state index in [4.69, 9.17) is 9.47 Å². The van der Waals surface area contributed by atoms with Crippen molar-refractivity contribution in [2.45, 2.75) is 25.8 Å². The normalized spacial score (nSPS) is 10.9. The van der Waals surface area contributed by atoms with Gasteiger partial charge in [0.15, 0.2) is 11.5 Å². The van der Waals surface area contributed by atoms with E-state index in [1.165, 1.54) is 25.1 Å². The second-order valence-electron chi connectivity index (χ2n) is 7.76. The fraction of sp³-hybridized carbons (Fsp3) is 0.280. The average molecular weight is 462 g/mol. The van der Waals surface area contributed by atoms with E-state index < -0.39 is 0 Å². The molecular formula is C25H27N5O4. The molecule has 4 rings (SSSR count). The number of nitrogens with zero attached hydrogens (tertiary/aromatic N) is 4. The van der Waals surface area contributed by atoms with Crippen molar-refractivity contribution in [3.05, 3.63) is 77.1 Å². The maximum atomic E-state index is 12.8. The molecule has 0 saturated carbocycles. The molecule has 4 aromatic rings. The second kappa shape index (κ2) is 10.7. The Morgan fingerprint density at radius 2 is 1.82 bits per heavy atom. The van der Waals surface area contributed by atoms with Crippen LogP contribution in [0.5, 0.6) is 11.5 Å². The first-order chi connectivity index (χ1) is 16.6. The summed E-state index contributed by atoms with van der Waals surface area (Å²) in [4.78, 5) is 29.4. The molecule has 0 fully saturated rings. The number of amides is 1. The van der Waals surface area contributed by atoms with Crippen LogP contribution in [0.2, 0.25) is 0 Å². The average Bonchev–Trinajstić information content (AvgIpc) is 3.34. The Morgan fingerprint density at radius 3 is 2.59 bits per heavy atom. The van der Waals surface area contributed by atoms with Gasteiger partial charge in [-0.05, 0) is 30.7 Å². The van der Waals surface area contributed by atoms with E-state index >= 15 is 0 Å². The Hall–Kier alpha value is -4.14. The number of nitrogens with one attached hydrogen (secondary N) is 1. The molecule has 2 aromatic carbocycles. The predicted molar refractivity (Wildman–Crippen MR) is 129 cm³/mol. The summed E-state index contributed by atoms with van der Waals surface area (Å²) >= 11 is 0. The number of fused-ring (bicyclic) bond motifs is 1. The molecular weight excluding hydrogens is 434 g/mol. The van der Waals surface area contributed by atoms with Gasteiger partial charge in [-0.25, -0.2) is 9.67 Å². The maximum Gasteiger partial charge on any atom is 0.261 e. The van der Waals surface area contributed by atoms with E-state index in [2.05, 4.69) is 15.4 Å². The van der Waals surface area contributed by atoms with Crippen LogP contribution in [0, 0.1) is 0 Å². The summed E-state index contributed by atoms with van der Waals surface area (Å²) in [7, 11) is 3.05. The molecule has 176 valence electrons. The molecule has 0 unspecified atom stereocenters. The van der Waals surface area contributed by atoms with Crippen LogP contribution in [0.25, 0.3) is 16.6 Å². The van der Waals surface area contributed by atoms with Crippen molar-refractivity contribution in [3.8, 4) is 17.2 Å². The summed E-state index contributed by atoms with van der Waals surface area (Å²) in [6.07, 6.45) is 4.89. The molecule has 34 heavy (non-hydrogen) atoms. The highest BCUT2D eigenvalue weighted by Crippen LogP contribution is 2.29. The monoisotopic (exact) mass is 461 g/mol. The molecule has 0 aliphatic rings. The molecule has 0 aliphatic heterocycles. The minimum atomic E-state index is -0.180. The molecule has 0 radical (unpaired) electrons. The predicted octanol–water partition coefficient (Wildman–Crippen LogP) is 2.74. The zero-order chi connectivity index (χ0) is 23.9. The molecule has 0 saturated heterocycles. The van der Waals surface area contributed by atoms with E-state index in [0.29, 0.717) is 54.8 Å². The fourth-order valence-corrected chi connectivity index (χ4v) is 3.69. The van der Waals surface area contributed by atoms with Gasteiger partial charge in [0.2, 0.25) is 5.91 Å². The van der Waals surface area contributed by atoms with Crippen LogP contribution < -0.4 is 20.3 Å². The zero-order valence-electron chi connectivity index (χ0n) is 19.2. The first-order valence-corrected chi connectivity index (χ1v) is 11.1. The smallest absolute Gasteiger partial charge is 0.261 e. The number of hydrogen-bond acceptors (Lipinski definition) is 6. The van der Waals surface area contributed by atoms with Crippen molar-refractivity contribution in [2.24, 2.45) is 0 Å². The largest absolute Gasteiger partial charge is 0.493 e. The van der Waals surface area contributed by atoms with Gasteiger partial charge in [0.05, 0.1) is 42.8 Å². The highest BCUT2D eigenvalue weighted by molar-refractivity contribution is 5.81. The Labute approximate surface area is 197 Å². The van der Waals surface area contributed by atoms with Gasteiger partial charge in [-0.1, -0.05) is 18.2 Å². The summed E-state index contributed by atoms with van der Waals surface area (Å²) in [6.45, 7) is 0.898. The SMILES string of the molecule is COc1cc2ncn(CCCC(=O)NCCc3ccn(-c4ccccc4)n3)c(=O)c2cc1OC. The molecule has 0 spiro atoms. The van der Waals surface area contributed by atoms with Gasteiger partial charge >= 0.3 is 0 Å². The number of aryl methyl sites for hydroxylation is 1. The third-order valence-corrected chi connectivity index (χ3v) is 5.50. The number of carbonyl (C=O) groups excluding carboxylic acids is 1. The van der Waals surface area contributed by atoms with Gasteiger partial charge in [0.1, 0.15) is 0 Å². The second-order valence-corrected chi connectivity index (χ2v) is 7.76. The number of carbonyl (C=O) groups is 1. The van der Waals surface area contributed by atoms with Crippen molar-refractivity contribution in [1.29, 1.82) is 0 Å². The first-order valence-electron chi connectivity index (χ1n) is 11.1. The molecule has 9 heteroatoms. The van der Waals surface area contributed by atoms with Crippen LogP contribution >= 0.6 is 0 Å². The van der Waals surface area contributed by atoms with Crippen LogP contribution in [0.15, 0.2) is 65.8 Å². The summed E-state index contributed by atoms with van der Waals surface area (Å²) in [5.74, 6) is 0.929. The highest BCUT2D eigenvalue weighted by atomic mass is 16.5. The Morgan fingerprint density at radius 1 is 1.06 bits per heavy atom. The Bertz CT molecular complexity index is 1330. The van der Waals surface area contributed by atoms with Crippen LogP contribution in [-0.4, -0.2) is 46.0 Å². The van der Waals surface area contributed by atoms with Crippen LogP contribution in [0.3, 0.4) is 0 Å². The fourth-order valence-electron chi connectivity index (χ4n) is 3.69. The van der Waals surface area contributed by atoms with Gasteiger partial charge in [0.25, 0.3) is 5.56 Å². The number of methoxy groups -OCH3 is 2. The quantitative estimate of drug-likeness (QED) is 0.390. The van der Waals surface area contributed by atoms with E-state index in [9.17, 15) is 9.59 Å². The van der Waals surface area contributed by atoms with Crippen molar-refractivity contribution >= 4 is 16.8 Å². The van der Waals surface area contributed by atoms with E-state index in [-0.39, 0.29) is 11.5 Å². The number of hydrogen-bond donors (Lipinski definition) is 1. The molecule has 1 N–H and O–H groups in total. The molecule has 0 atom stereocenters. The van der Waals surface area contributed by atoms with Gasteiger partial charge in [-0.15, -0.1) is 0 Å². The minimum absolute atomic E-state index is 0.0595. The van der Waals surface area contributed by atoms with Crippen molar-refractivity contribution in [3.63, 3.8) is 0 Å². The summed E-state index contributed by atoms with van der Waals surface area (Å²) in [5.41, 5.74) is 2.26. The molecule has 0 aliphatic carbocycles. The van der Waals surface area contributed by atoms with Crippen LogP contribution in [0.1, 0.15) is 18.5 Å². The number of para-hydroxylation sites is 1. The van der Waals surface area contributed by atoms with E-state index in [1.54, 1.807) is 12.1 Å². The zero-order valence-corrected chi connectivity index (χ0v) is 19.2. The molecule has 2 heterocycles. The molecule has 2 aromatic heterocycles. The molecule has 0 bridgehead atoms. The number of aromatic nitrogens is 4. The Kier molecular flexibility index (Phi) is 7.22. The van der Waals surface area contributed by atoms with Crippen molar-refractivity contribution < 1.29 is 14.3 Å². The summed E-state index contributed by atoms with van der Waals surface area (Å²) in [5, 5.41) is 7.90. The van der Waals surface area contributed by atoms with Crippen molar-refractivity contribution in [2.75, 3.05) is 20.8 Å². The number of ether oxygens (including phenoxy) is 2. The highest BCUT2D eigenvalue weighted by Gasteiger charge is 2.11. The molecule has 9 nitrogen and oxygen atoms in total. The number of rotatable bonds is 10. The topological polar surface area (TPSA) is 100 Å². The van der Waals surface area contributed by atoms with Gasteiger partial charge in [-0.3, -0.25) is 14.2 Å². The summed E-state index contributed by atoms with van der Waals surface area (Å²) < 4.78 is 13.9. The lowest BCUT2D eigenvalue weighted by atomic mass is 10.2. The lowest BCUT2D eigenvalue weighted by molar-refractivity contribution is -0.121. The first kappa shape index (κ1) is 23.0. The lowest BCUT2D eigenvalue weighted by Crippen LogP contribution is -2.26. The maximum absolute atomic E-state index is 12.8. The van der Waals surface area contributed by atoms with Crippen molar-refractivity contribution in [1.82, 2.24) is 24.6 Å². The summed E-state index contributed by atoms with van der Waals surface area (Å²) in [6, 6.07) is 15.1. The van der Waals surface area contributed by atoms with Gasteiger partial charge in [0, 0.05) is 38.2 Å². The number of benzene rings is 2. The standard InChI is InChI=1S/C25H27N5O4/c1-33-22-15-20-21(16-23(22)34-2)27-17-29(25(20)32)13-6-9-24(31)26-12-10-18-11-14-30(28-18)19-7-4-3-5-8-19/h3-5,7-8,11,14-17H,6,9-10,12-13H2,1-2H3,(H,26,31).